The van der Waals surface area contributed by atoms with Gasteiger partial charge in [-0.15, -0.1) is 0 Å². The van der Waals surface area contributed by atoms with Gasteiger partial charge in [-0.2, -0.15) is 0 Å². The Bertz CT molecular complexity index is 961. The molecule has 5 nitrogen and oxygen atoms in total. The van der Waals surface area contributed by atoms with Crippen LogP contribution in [0.1, 0.15) is 5.56 Å². The third-order valence-electron chi connectivity index (χ3n) is 3.89. The highest BCUT2D eigenvalue weighted by molar-refractivity contribution is 5.88. The predicted molar refractivity (Wildman–Crippen MR) is 97.3 cm³/mol. The second-order valence-electron chi connectivity index (χ2n) is 5.59. The SMILES string of the molecule is C=CCOc1c(O)c(=O)n(C)c2cc(OCc3ccccc3)ccc12. The summed E-state index contributed by atoms with van der Waals surface area (Å²) >= 11 is 0. The summed E-state index contributed by atoms with van der Waals surface area (Å²) in [5, 5.41) is 10.7. The van der Waals surface area contributed by atoms with Gasteiger partial charge in [0, 0.05) is 18.5 Å². The van der Waals surface area contributed by atoms with Gasteiger partial charge >= 0.3 is 0 Å². The highest BCUT2D eigenvalue weighted by atomic mass is 16.5. The maximum atomic E-state index is 12.2. The molecule has 0 aliphatic carbocycles. The maximum Gasteiger partial charge on any atom is 0.296 e. The lowest BCUT2D eigenvalue weighted by Crippen LogP contribution is -2.17. The fraction of sp³-hybridized carbons (Fsp3) is 0.150. The molecule has 1 heterocycles. The Kier molecular flexibility index (Phi) is 4.75. The molecule has 3 rings (SSSR count). The summed E-state index contributed by atoms with van der Waals surface area (Å²) in [5.74, 6) is 0.383. The highest BCUT2D eigenvalue weighted by Crippen LogP contribution is 2.33. The van der Waals surface area contributed by atoms with Gasteiger partial charge in [0.1, 0.15) is 19.0 Å². The lowest BCUT2D eigenvalue weighted by Gasteiger charge is -2.14. The van der Waals surface area contributed by atoms with E-state index < -0.39 is 11.3 Å². The summed E-state index contributed by atoms with van der Waals surface area (Å²) in [6, 6.07) is 15.1. The fourth-order valence-corrected chi connectivity index (χ4v) is 2.59. The number of nitrogens with zero attached hydrogens (tertiary/aromatic N) is 1. The number of pyridine rings is 1. The van der Waals surface area contributed by atoms with E-state index in [2.05, 4.69) is 6.58 Å². The molecular formula is C20H19NO4. The van der Waals surface area contributed by atoms with Crippen molar-refractivity contribution in [3.05, 3.63) is 77.1 Å². The third-order valence-corrected chi connectivity index (χ3v) is 3.89. The number of aryl methyl sites for hydroxylation is 1. The predicted octanol–water partition coefficient (Wildman–Crippen LogP) is 3.39. The first-order chi connectivity index (χ1) is 12.1. The van der Waals surface area contributed by atoms with E-state index in [-0.39, 0.29) is 12.4 Å². The minimum Gasteiger partial charge on any atom is -0.500 e. The van der Waals surface area contributed by atoms with Crippen LogP contribution in [0.15, 0.2) is 66.0 Å². The Morgan fingerprint density at radius 1 is 1.16 bits per heavy atom. The number of ether oxygens (including phenoxy) is 2. The van der Waals surface area contributed by atoms with Gasteiger partial charge in [-0.05, 0) is 17.7 Å². The van der Waals surface area contributed by atoms with E-state index in [1.54, 1.807) is 31.3 Å². The normalized spacial score (nSPS) is 10.6. The second-order valence-corrected chi connectivity index (χ2v) is 5.59. The van der Waals surface area contributed by atoms with Gasteiger partial charge in [0.2, 0.25) is 5.75 Å². The first kappa shape index (κ1) is 16.6. The number of hydrogen-bond donors (Lipinski definition) is 1. The van der Waals surface area contributed by atoms with Crippen molar-refractivity contribution in [1.29, 1.82) is 0 Å². The smallest absolute Gasteiger partial charge is 0.296 e. The molecule has 2 aromatic carbocycles. The number of aromatic hydroxyl groups is 1. The molecule has 0 unspecified atom stereocenters. The molecule has 0 aliphatic rings. The quantitative estimate of drug-likeness (QED) is 0.701. The summed E-state index contributed by atoms with van der Waals surface area (Å²) in [4.78, 5) is 12.2. The van der Waals surface area contributed by atoms with Crippen LogP contribution in [-0.2, 0) is 13.7 Å². The molecule has 0 radical (unpaired) electrons. The Morgan fingerprint density at radius 2 is 1.92 bits per heavy atom. The van der Waals surface area contributed by atoms with Crippen molar-refractivity contribution in [3.63, 3.8) is 0 Å². The van der Waals surface area contributed by atoms with Gasteiger partial charge in [-0.25, -0.2) is 0 Å². The Hall–Kier alpha value is -3.21. The molecule has 1 aromatic heterocycles. The van der Waals surface area contributed by atoms with Crippen LogP contribution in [0, 0.1) is 0 Å². The minimum atomic E-state index is -0.522. The molecule has 0 atom stereocenters. The first-order valence-electron chi connectivity index (χ1n) is 7.88. The van der Waals surface area contributed by atoms with Gasteiger partial charge in [0.15, 0.2) is 5.75 Å². The first-order valence-corrected chi connectivity index (χ1v) is 7.88. The molecule has 128 valence electrons. The van der Waals surface area contributed by atoms with E-state index in [0.29, 0.717) is 23.3 Å². The van der Waals surface area contributed by atoms with Crippen LogP contribution in [0.5, 0.6) is 17.2 Å². The van der Waals surface area contributed by atoms with Crippen molar-refractivity contribution >= 4 is 10.9 Å². The van der Waals surface area contributed by atoms with Crippen LogP contribution >= 0.6 is 0 Å². The van der Waals surface area contributed by atoms with E-state index in [0.717, 1.165) is 5.56 Å². The van der Waals surface area contributed by atoms with Crippen LogP contribution in [0.2, 0.25) is 0 Å². The zero-order valence-corrected chi connectivity index (χ0v) is 13.9. The lowest BCUT2D eigenvalue weighted by molar-refractivity contribution is 0.306. The molecular weight excluding hydrogens is 318 g/mol. The maximum absolute atomic E-state index is 12.2. The van der Waals surface area contributed by atoms with Crippen LogP contribution in [0.3, 0.4) is 0 Å². The Labute approximate surface area is 145 Å². The molecule has 3 aromatic rings. The van der Waals surface area contributed by atoms with Gasteiger partial charge in [-0.3, -0.25) is 4.79 Å². The van der Waals surface area contributed by atoms with E-state index >= 15 is 0 Å². The van der Waals surface area contributed by atoms with Crippen molar-refractivity contribution in [1.82, 2.24) is 4.57 Å². The number of hydrogen-bond acceptors (Lipinski definition) is 4. The van der Waals surface area contributed by atoms with Gasteiger partial charge < -0.3 is 19.1 Å². The highest BCUT2D eigenvalue weighted by Gasteiger charge is 2.16. The summed E-state index contributed by atoms with van der Waals surface area (Å²) in [7, 11) is 1.60. The van der Waals surface area contributed by atoms with E-state index in [9.17, 15) is 9.90 Å². The summed E-state index contributed by atoms with van der Waals surface area (Å²) in [5.41, 5.74) is 1.15. The van der Waals surface area contributed by atoms with Crippen molar-refractivity contribution < 1.29 is 14.6 Å². The molecule has 25 heavy (non-hydrogen) atoms. The van der Waals surface area contributed by atoms with Crippen LogP contribution in [0.25, 0.3) is 10.9 Å². The fourth-order valence-electron chi connectivity index (χ4n) is 2.59. The molecule has 0 amide bonds. The number of rotatable bonds is 6. The van der Waals surface area contributed by atoms with Crippen LogP contribution in [-0.4, -0.2) is 16.3 Å². The van der Waals surface area contributed by atoms with Crippen LogP contribution < -0.4 is 15.0 Å². The lowest BCUT2D eigenvalue weighted by atomic mass is 10.1. The average molecular weight is 337 g/mol. The van der Waals surface area contributed by atoms with Gasteiger partial charge in [0.25, 0.3) is 5.56 Å². The van der Waals surface area contributed by atoms with Crippen molar-refractivity contribution in [3.8, 4) is 17.2 Å². The number of aromatic nitrogens is 1. The third kappa shape index (κ3) is 3.35. The average Bonchev–Trinajstić information content (AvgIpc) is 2.65. The zero-order valence-electron chi connectivity index (χ0n) is 13.9. The van der Waals surface area contributed by atoms with Gasteiger partial charge in [-0.1, -0.05) is 43.0 Å². The number of benzene rings is 2. The molecule has 5 heteroatoms. The van der Waals surface area contributed by atoms with E-state index in [1.165, 1.54) is 4.57 Å². The Morgan fingerprint density at radius 3 is 2.64 bits per heavy atom. The Balaban J connectivity index is 1.99. The summed E-state index contributed by atoms with van der Waals surface area (Å²) in [6.45, 7) is 4.21. The minimum absolute atomic E-state index is 0.160. The van der Waals surface area contributed by atoms with E-state index in [4.69, 9.17) is 9.47 Å². The van der Waals surface area contributed by atoms with Crippen molar-refractivity contribution in [2.45, 2.75) is 6.61 Å². The van der Waals surface area contributed by atoms with Crippen LogP contribution in [0.4, 0.5) is 0 Å². The molecule has 0 saturated heterocycles. The monoisotopic (exact) mass is 337 g/mol. The van der Waals surface area contributed by atoms with E-state index in [1.807, 2.05) is 30.3 Å². The molecule has 0 aliphatic heterocycles. The topological polar surface area (TPSA) is 60.7 Å². The second kappa shape index (κ2) is 7.13. The standard InChI is InChI=1S/C20H19NO4/c1-3-11-24-19-16-10-9-15(25-13-14-7-5-4-6-8-14)12-17(16)21(2)20(23)18(19)22/h3-10,12,22H,1,11,13H2,2H3. The molecule has 0 fully saturated rings. The molecule has 0 bridgehead atoms. The largest absolute Gasteiger partial charge is 0.500 e. The van der Waals surface area contributed by atoms with Gasteiger partial charge in [0.05, 0.1) is 5.52 Å². The molecule has 0 spiro atoms. The summed E-state index contributed by atoms with van der Waals surface area (Å²) < 4.78 is 12.7. The van der Waals surface area contributed by atoms with Crippen molar-refractivity contribution in [2.24, 2.45) is 7.05 Å². The zero-order chi connectivity index (χ0) is 17.8. The molecule has 0 saturated carbocycles. The summed E-state index contributed by atoms with van der Waals surface area (Å²) in [6.07, 6.45) is 1.56. The number of fused-ring (bicyclic) bond motifs is 1. The molecule has 1 N–H and O–H groups in total. The van der Waals surface area contributed by atoms with Crippen molar-refractivity contribution in [2.75, 3.05) is 6.61 Å².